The van der Waals surface area contributed by atoms with Gasteiger partial charge in [-0.25, -0.2) is 4.99 Å². The number of carbonyl (C=O) groups excluding carboxylic acids is 1. The summed E-state index contributed by atoms with van der Waals surface area (Å²) in [6.45, 7) is 6.57. The van der Waals surface area contributed by atoms with Gasteiger partial charge < -0.3 is 4.74 Å². The molecule has 0 N–H and O–H groups in total. The first-order valence-electron chi connectivity index (χ1n) is 10.4. The van der Waals surface area contributed by atoms with Gasteiger partial charge >= 0.3 is 0 Å². The normalized spacial score (nSPS) is 16.2. The van der Waals surface area contributed by atoms with Gasteiger partial charge in [0.25, 0.3) is 5.91 Å². The van der Waals surface area contributed by atoms with Gasteiger partial charge in [0.1, 0.15) is 5.75 Å². The maximum absolute atomic E-state index is 13.5. The molecule has 168 valence electrons. The Balaban J connectivity index is 1.75. The molecular weight excluding hydrogens is 564 g/mol. The number of rotatable bonds is 5. The van der Waals surface area contributed by atoms with Gasteiger partial charge in [0.05, 0.1) is 31.8 Å². The molecular formula is C26H22Br2N2O2S. The molecule has 0 radical (unpaired) electrons. The Kier molecular flexibility index (Phi) is 7.41. The standard InChI is InChI=1S/C26H22Br2N2O2S/c1-4-32-24-21(27)13-18(14-22(24)28)15-23-25(31)30(20-11-7-17(3)8-12-20)26(33-23)29-19-9-5-16(2)6-10-19/h5-15H,4H2,1-3H3/b23-15-,29-26?. The molecule has 1 amide bonds. The molecule has 0 aliphatic carbocycles. The van der Waals surface area contributed by atoms with Crippen molar-refractivity contribution in [1.29, 1.82) is 0 Å². The molecule has 1 aliphatic heterocycles. The maximum atomic E-state index is 13.5. The zero-order valence-corrected chi connectivity index (χ0v) is 22.4. The van der Waals surface area contributed by atoms with Crippen LogP contribution in [-0.4, -0.2) is 17.7 Å². The number of thioether (sulfide) groups is 1. The fourth-order valence-corrected chi connectivity index (χ4v) is 5.75. The molecule has 7 heteroatoms. The SMILES string of the molecule is CCOc1c(Br)cc(/C=C2\SC(=Nc3ccc(C)cc3)N(c3ccc(C)cc3)C2=O)cc1Br. The highest BCUT2D eigenvalue weighted by Gasteiger charge is 2.34. The summed E-state index contributed by atoms with van der Waals surface area (Å²) in [5.41, 5.74) is 4.78. The number of anilines is 1. The van der Waals surface area contributed by atoms with Crippen LogP contribution in [0.25, 0.3) is 6.08 Å². The fraction of sp³-hybridized carbons (Fsp3) is 0.154. The highest BCUT2D eigenvalue weighted by Crippen LogP contribution is 2.40. The maximum Gasteiger partial charge on any atom is 0.271 e. The van der Waals surface area contributed by atoms with Crippen LogP contribution in [0.4, 0.5) is 11.4 Å². The van der Waals surface area contributed by atoms with Gasteiger partial charge in [0.15, 0.2) is 5.17 Å². The summed E-state index contributed by atoms with van der Waals surface area (Å²) >= 11 is 8.51. The predicted octanol–water partition coefficient (Wildman–Crippen LogP) is 8.04. The average molecular weight is 586 g/mol. The third-order valence-corrected chi connectivity index (χ3v) is 7.11. The molecule has 1 saturated heterocycles. The topological polar surface area (TPSA) is 41.9 Å². The lowest BCUT2D eigenvalue weighted by molar-refractivity contribution is -0.113. The molecule has 1 aliphatic rings. The first-order valence-corrected chi connectivity index (χ1v) is 12.8. The number of benzene rings is 3. The summed E-state index contributed by atoms with van der Waals surface area (Å²) in [7, 11) is 0. The lowest BCUT2D eigenvalue weighted by Gasteiger charge is -2.16. The van der Waals surface area contributed by atoms with Crippen LogP contribution in [0.5, 0.6) is 5.75 Å². The number of ether oxygens (including phenoxy) is 1. The van der Waals surface area contributed by atoms with Crippen molar-refractivity contribution >= 4 is 72.1 Å². The van der Waals surface area contributed by atoms with Crippen molar-refractivity contribution in [2.75, 3.05) is 11.5 Å². The number of amides is 1. The minimum atomic E-state index is -0.101. The van der Waals surface area contributed by atoms with Gasteiger partial charge in [0.2, 0.25) is 0 Å². The minimum Gasteiger partial charge on any atom is -0.492 e. The van der Waals surface area contributed by atoms with Gasteiger partial charge in [-0.3, -0.25) is 9.69 Å². The monoisotopic (exact) mass is 584 g/mol. The summed E-state index contributed by atoms with van der Waals surface area (Å²) in [5, 5.41) is 0.628. The number of aliphatic imine (C=N–C) groups is 1. The van der Waals surface area contributed by atoms with E-state index in [0.717, 1.165) is 42.8 Å². The van der Waals surface area contributed by atoms with Gasteiger partial charge in [-0.1, -0.05) is 35.4 Å². The van der Waals surface area contributed by atoms with Gasteiger partial charge in [-0.05, 0) is 112 Å². The van der Waals surface area contributed by atoms with Crippen LogP contribution in [-0.2, 0) is 4.79 Å². The summed E-state index contributed by atoms with van der Waals surface area (Å²) < 4.78 is 7.32. The Morgan fingerprint density at radius 3 is 2.12 bits per heavy atom. The van der Waals surface area contributed by atoms with E-state index in [1.807, 2.05) is 87.5 Å². The molecule has 4 nitrogen and oxygen atoms in total. The van der Waals surface area contributed by atoms with E-state index in [2.05, 4.69) is 31.9 Å². The second kappa shape index (κ2) is 10.3. The molecule has 1 fully saturated rings. The van der Waals surface area contributed by atoms with E-state index in [-0.39, 0.29) is 5.91 Å². The van der Waals surface area contributed by atoms with Crippen molar-refractivity contribution in [3.63, 3.8) is 0 Å². The van der Waals surface area contributed by atoms with Crippen LogP contribution in [0.2, 0.25) is 0 Å². The lowest BCUT2D eigenvalue weighted by Crippen LogP contribution is -2.28. The number of hydrogen-bond acceptors (Lipinski definition) is 4. The van der Waals surface area contributed by atoms with Gasteiger partial charge in [-0.15, -0.1) is 0 Å². The number of nitrogens with zero attached hydrogens (tertiary/aromatic N) is 2. The van der Waals surface area contributed by atoms with E-state index in [1.165, 1.54) is 11.8 Å². The first kappa shape index (κ1) is 23.8. The number of hydrogen-bond donors (Lipinski definition) is 0. The van der Waals surface area contributed by atoms with Crippen molar-refractivity contribution in [3.05, 3.63) is 91.2 Å². The third kappa shape index (κ3) is 5.42. The average Bonchev–Trinajstić information content (AvgIpc) is 3.07. The Morgan fingerprint density at radius 1 is 0.970 bits per heavy atom. The zero-order valence-electron chi connectivity index (χ0n) is 18.4. The Morgan fingerprint density at radius 2 is 1.55 bits per heavy atom. The van der Waals surface area contributed by atoms with Crippen molar-refractivity contribution in [3.8, 4) is 5.75 Å². The van der Waals surface area contributed by atoms with Crippen LogP contribution in [0, 0.1) is 13.8 Å². The summed E-state index contributed by atoms with van der Waals surface area (Å²) in [6, 6.07) is 19.7. The Hall–Kier alpha value is -2.35. The van der Waals surface area contributed by atoms with Crippen LogP contribution in [0.15, 0.2) is 79.5 Å². The van der Waals surface area contributed by atoms with Crippen molar-refractivity contribution in [2.45, 2.75) is 20.8 Å². The highest BCUT2D eigenvalue weighted by molar-refractivity contribution is 9.11. The van der Waals surface area contributed by atoms with Crippen molar-refractivity contribution < 1.29 is 9.53 Å². The Labute approximate surface area is 215 Å². The largest absolute Gasteiger partial charge is 0.492 e. The van der Waals surface area contributed by atoms with Gasteiger partial charge in [-0.2, -0.15) is 0 Å². The molecule has 4 rings (SSSR count). The van der Waals surface area contributed by atoms with Crippen LogP contribution >= 0.6 is 43.6 Å². The van der Waals surface area contributed by atoms with Crippen LogP contribution in [0.1, 0.15) is 23.6 Å². The molecule has 3 aromatic rings. The van der Waals surface area contributed by atoms with Crippen molar-refractivity contribution in [1.82, 2.24) is 0 Å². The van der Waals surface area contributed by atoms with E-state index >= 15 is 0 Å². The molecule has 0 bridgehead atoms. The molecule has 33 heavy (non-hydrogen) atoms. The quantitative estimate of drug-likeness (QED) is 0.285. The summed E-state index contributed by atoms with van der Waals surface area (Å²) in [5.74, 6) is 0.642. The van der Waals surface area contributed by atoms with E-state index in [4.69, 9.17) is 9.73 Å². The van der Waals surface area contributed by atoms with Gasteiger partial charge in [0, 0.05) is 0 Å². The van der Waals surface area contributed by atoms with Crippen LogP contribution in [0.3, 0.4) is 0 Å². The minimum absolute atomic E-state index is 0.101. The Bertz CT molecular complexity index is 1230. The zero-order chi connectivity index (χ0) is 23.5. The van der Waals surface area contributed by atoms with E-state index in [0.29, 0.717) is 16.7 Å². The van der Waals surface area contributed by atoms with Crippen LogP contribution < -0.4 is 9.64 Å². The molecule has 1 heterocycles. The first-order chi connectivity index (χ1) is 15.9. The predicted molar refractivity (Wildman–Crippen MR) is 146 cm³/mol. The number of aryl methyl sites for hydroxylation is 2. The van der Waals surface area contributed by atoms with E-state index in [9.17, 15) is 4.79 Å². The van der Waals surface area contributed by atoms with Crippen molar-refractivity contribution in [2.24, 2.45) is 4.99 Å². The second-order valence-corrected chi connectivity index (χ2v) is 10.3. The smallest absolute Gasteiger partial charge is 0.271 e. The molecule has 0 aromatic heterocycles. The van der Waals surface area contributed by atoms with E-state index < -0.39 is 0 Å². The number of carbonyl (C=O) groups is 1. The highest BCUT2D eigenvalue weighted by atomic mass is 79.9. The second-order valence-electron chi connectivity index (χ2n) is 7.56. The fourth-order valence-electron chi connectivity index (χ4n) is 3.30. The molecule has 0 spiro atoms. The molecule has 0 atom stereocenters. The lowest BCUT2D eigenvalue weighted by atomic mass is 10.2. The molecule has 0 unspecified atom stereocenters. The molecule has 3 aromatic carbocycles. The van der Waals surface area contributed by atoms with E-state index in [1.54, 1.807) is 4.90 Å². The third-order valence-electron chi connectivity index (χ3n) is 4.96. The molecule has 0 saturated carbocycles. The summed E-state index contributed by atoms with van der Waals surface area (Å²) in [4.78, 5) is 20.6. The number of halogens is 2. The summed E-state index contributed by atoms with van der Waals surface area (Å²) in [6.07, 6.45) is 1.89. The number of amidine groups is 1.